The van der Waals surface area contributed by atoms with Crippen molar-refractivity contribution in [3.8, 4) is 0 Å². The van der Waals surface area contributed by atoms with Crippen molar-refractivity contribution in [3.05, 3.63) is 56.7 Å². The van der Waals surface area contributed by atoms with E-state index in [9.17, 15) is 0 Å². The number of hydrogen-bond donors (Lipinski definition) is 1. The maximum Gasteiger partial charge on any atom is 0.224 e. The average Bonchev–Trinajstić information content (AvgIpc) is 2.44. The number of para-hydroxylation sites is 1. The van der Waals surface area contributed by atoms with E-state index in [2.05, 4.69) is 15.3 Å². The van der Waals surface area contributed by atoms with E-state index in [-0.39, 0.29) is 5.28 Å². The van der Waals surface area contributed by atoms with Crippen molar-refractivity contribution in [2.75, 3.05) is 5.32 Å². The second-order valence-corrected chi connectivity index (χ2v) is 5.79. The van der Waals surface area contributed by atoms with Gasteiger partial charge < -0.3 is 5.32 Å². The molecule has 0 aliphatic rings. The van der Waals surface area contributed by atoms with Crippen molar-refractivity contribution in [2.24, 2.45) is 0 Å². The number of rotatable bonds is 2. The number of anilines is 2. The van der Waals surface area contributed by atoms with Crippen LogP contribution in [0.15, 0.2) is 36.4 Å². The number of nitrogens with zero attached hydrogens (tertiary/aromatic N) is 2. The van der Waals surface area contributed by atoms with Gasteiger partial charge in [-0.1, -0.05) is 46.9 Å². The standard InChI is InChI=1S/C14H7Cl4N3/c15-8-5-10(17)12(6-9(8)16)19-13-7-3-1-2-4-11(7)20-14(18)21-13/h1-6H,(H,19,20,21). The molecule has 7 heteroatoms. The van der Waals surface area contributed by atoms with E-state index in [1.807, 2.05) is 24.3 Å². The van der Waals surface area contributed by atoms with Crippen LogP contribution in [0, 0.1) is 0 Å². The van der Waals surface area contributed by atoms with Crippen LogP contribution in [0.1, 0.15) is 0 Å². The Morgan fingerprint density at radius 3 is 2.33 bits per heavy atom. The predicted octanol–water partition coefficient (Wildman–Crippen LogP) is 5.99. The highest BCUT2D eigenvalue weighted by atomic mass is 35.5. The van der Waals surface area contributed by atoms with E-state index in [4.69, 9.17) is 46.4 Å². The molecule has 3 nitrogen and oxygen atoms in total. The Labute approximate surface area is 140 Å². The summed E-state index contributed by atoms with van der Waals surface area (Å²) in [6.45, 7) is 0. The zero-order valence-corrected chi connectivity index (χ0v) is 13.4. The van der Waals surface area contributed by atoms with E-state index >= 15 is 0 Å². The van der Waals surface area contributed by atoms with Gasteiger partial charge in [0.2, 0.25) is 5.28 Å². The summed E-state index contributed by atoms with van der Waals surface area (Å²) in [7, 11) is 0. The van der Waals surface area contributed by atoms with E-state index in [1.54, 1.807) is 12.1 Å². The first-order valence-electron chi connectivity index (χ1n) is 5.88. The molecular weight excluding hydrogens is 352 g/mol. The summed E-state index contributed by atoms with van der Waals surface area (Å²) < 4.78 is 0. The molecule has 0 bridgehead atoms. The van der Waals surface area contributed by atoms with Gasteiger partial charge in [0.05, 0.1) is 26.3 Å². The molecule has 0 atom stereocenters. The molecule has 0 saturated heterocycles. The molecule has 3 rings (SSSR count). The summed E-state index contributed by atoms with van der Waals surface area (Å²) in [5, 5.41) is 5.30. The Kier molecular flexibility index (Phi) is 4.09. The number of benzene rings is 2. The van der Waals surface area contributed by atoms with Crippen molar-refractivity contribution >= 4 is 68.8 Å². The monoisotopic (exact) mass is 357 g/mol. The number of aromatic nitrogens is 2. The average molecular weight is 359 g/mol. The zero-order chi connectivity index (χ0) is 15.0. The van der Waals surface area contributed by atoms with Crippen LogP contribution in [0.4, 0.5) is 11.5 Å². The van der Waals surface area contributed by atoms with Crippen LogP contribution in [-0.4, -0.2) is 9.97 Å². The molecule has 0 spiro atoms. The fourth-order valence-corrected chi connectivity index (χ4v) is 2.66. The lowest BCUT2D eigenvalue weighted by Gasteiger charge is -2.11. The third kappa shape index (κ3) is 3.01. The lowest BCUT2D eigenvalue weighted by molar-refractivity contribution is 1.22. The number of hydrogen-bond acceptors (Lipinski definition) is 3. The molecule has 21 heavy (non-hydrogen) atoms. The van der Waals surface area contributed by atoms with E-state index < -0.39 is 0 Å². The van der Waals surface area contributed by atoms with Gasteiger partial charge in [-0.3, -0.25) is 0 Å². The Bertz CT molecular complexity index is 836. The Morgan fingerprint density at radius 1 is 0.810 bits per heavy atom. The van der Waals surface area contributed by atoms with Gasteiger partial charge in [0.1, 0.15) is 5.82 Å². The summed E-state index contributed by atoms with van der Waals surface area (Å²) in [5.74, 6) is 0.547. The van der Waals surface area contributed by atoms with Crippen LogP contribution in [0.25, 0.3) is 10.9 Å². The van der Waals surface area contributed by atoms with Crippen LogP contribution in [0.3, 0.4) is 0 Å². The van der Waals surface area contributed by atoms with Gasteiger partial charge in [-0.2, -0.15) is 4.98 Å². The van der Waals surface area contributed by atoms with Crippen molar-refractivity contribution in [1.29, 1.82) is 0 Å². The molecule has 3 aromatic rings. The third-order valence-corrected chi connectivity index (χ3v) is 4.04. The molecule has 2 aromatic carbocycles. The second kappa shape index (κ2) is 5.85. The molecule has 0 amide bonds. The fraction of sp³-hybridized carbons (Fsp3) is 0. The topological polar surface area (TPSA) is 37.8 Å². The number of halogens is 4. The molecule has 106 valence electrons. The normalized spacial score (nSPS) is 10.9. The van der Waals surface area contributed by atoms with Gasteiger partial charge in [-0.05, 0) is 35.9 Å². The predicted molar refractivity (Wildman–Crippen MR) is 89.3 cm³/mol. The maximum absolute atomic E-state index is 6.16. The highest BCUT2D eigenvalue weighted by Crippen LogP contribution is 2.35. The van der Waals surface area contributed by atoms with Crippen molar-refractivity contribution in [1.82, 2.24) is 9.97 Å². The second-order valence-electron chi connectivity index (χ2n) is 4.23. The third-order valence-electron chi connectivity index (χ3n) is 2.84. The number of nitrogens with one attached hydrogen (secondary N) is 1. The van der Waals surface area contributed by atoms with Gasteiger partial charge in [0, 0.05) is 5.39 Å². The Balaban J connectivity index is 2.12. The first kappa shape index (κ1) is 14.7. The van der Waals surface area contributed by atoms with Gasteiger partial charge in [0.15, 0.2) is 0 Å². The minimum atomic E-state index is 0.146. The first-order valence-corrected chi connectivity index (χ1v) is 7.39. The molecule has 1 heterocycles. The molecule has 1 N–H and O–H groups in total. The SMILES string of the molecule is Clc1nc(Nc2cc(Cl)c(Cl)cc2Cl)c2ccccc2n1. The van der Waals surface area contributed by atoms with Crippen molar-refractivity contribution in [2.45, 2.75) is 0 Å². The minimum absolute atomic E-state index is 0.146. The van der Waals surface area contributed by atoms with Gasteiger partial charge >= 0.3 is 0 Å². The maximum atomic E-state index is 6.16. The number of fused-ring (bicyclic) bond motifs is 1. The van der Waals surface area contributed by atoms with Crippen LogP contribution in [0.5, 0.6) is 0 Å². The highest BCUT2D eigenvalue weighted by Gasteiger charge is 2.10. The first-order chi connectivity index (χ1) is 10.0. The zero-order valence-electron chi connectivity index (χ0n) is 10.4. The fourth-order valence-electron chi connectivity index (χ4n) is 1.89. The van der Waals surface area contributed by atoms with Crippen molar-refractivity contribution in [3.63, 3.8) is 0 Å². The summed E-state index contributed by atoms with van der Waals surface area (Å²) in [6, 6.07) is 10.7. The molecule has 0 radical (unpaired) electrons. The Morgan fingerprint density at radius 2 is 1.52 bits per heavy atom. The summed E-state index contributed by atoms with van der Waals surface area (Å²) in [5.41, 5.74) is 1.32. The Hall–Kier alpha value is -1.26. The summed E-state index contributed by atoms with van der Waals surface area (Å²) in [4.78, 5) is 8.36. The van der Waals surface area contributed by atoms with E-state index in [0.29, 0.717) is 26.6 Å². The van der Waals surface area contributed by atoms with E-state index in [0.717, 1.165) is 10.9 Å². The van der Waals surface area contributed by atoms with Gasteiger partial charge in [0.25, 0.3) is 0 Å². The van der Waals surface area contributed by atoms with Crippen LogP contribution < -0.4 is 5.32 Å². The summed E-state index contributed by atoms with van der Waals surface area (Å²) >= 11 is 24.0. The van der Waals surface area contributed by atoms with Crippen LogP contribution in [0.2, 0.25) is 20.4 Å². The molecule has 0 aliphatic heterocycles. The smallest absolute Gasteiger partial charge is 0.224 e. The lowest BCUT2D eigenvalue weighted by Crippen LogP contribution is -1.98. The molecule has 0 saturated carbocycles. The van der Waals surface area contributed by atoms with E-state index in [1.165, 1.54) is 0 Å². The van der Waals surface area contributed by atoms with Gasteiger partial charge in [-0.15, -0.1) is 0 Å². The van der Waals surface area contributed by atoms with Crippen LogP contribution >= 0.6 is 46.4 Å². The molecular formula is C14H7Cl4N3. The largest absolute Gasteiger partial charge is 0.338 e. The highest BCUT2D eigenvalue weighted by molar-refractivity contribution is 6.44. The molecule has 0 unspecified atom stereocenters. The van der Waals surface area contributed by atoms with Gasteiger partial charge in [-0.25, -0.2) is 4.98 Å². The quantitative estimate of drug-likeness (QED) is 0.451. The van der Waals surface area contributed by atoms with Crippen LogP contribution in [-0.2, 0) is 0 Å². The molecule has 1 aromatic heterocycles. The molecule has 0 aliphatic carbocycles. The van der Waals surface area contributed by atoms with Crippen molar-refractivity contribution < 1.29 is 0 Å². The minimum Gasteiger partial charge on any atom is -0.338 e. The molecule has 0 fully saturated rings. The lowest BCUT2D eigenvalue weighted by atomic mass is 10.2. The summed E-state index contributed by atoms with van der Waals surface area (Å²) in [6.07, 6.45) is 0.